The Morgan fingerprint density at radius 3 is 2.57 bits per heavy atom. The second kappa shape index (κ2) is 8.00. The van der Waals surface area contributed by atoms with Gasteiger partial charge < -0.3 is 15.8 Å². The van der Waals surface area contributed by atoms with Crippen LogP contribution in [0.15, 0.2) is 18.2 Å². The topological polar surface area (TPSA) is 81.4 Å². The molecule has 1 aromatic rings. The smallest absolute Gasteiger partial charge is 0.340 e. The Labute approximate surface area is 129 Å². The van der Waals surface area contributed by atoms with Crippen LogP contribution in [0.2, 0.25) is 5.02 Å². The molecule has 0 spiro atoms. The lowest BCUT2D eigenvalue weighted by Crippen LogP contribution is -2.31. The van der Waals surface area contributed by atoms with Gasteiger partial charge >= 0.3 is 5.97 Å². The van der Waals surface area contributed by atoms with Gasteiger partial charge in [-0.05, 0) is 30.5 Å². The van der Waals surface area contributed by atoms with Gasteiger partial charge in [-0.25, -0.2) is 4.79 Å². The summed E-state index contributed by atoms with van der Waals surface area (Å²) in [6.45, 7) is 4.31. The second-order valence-corrected chi connectivity index (χ2v) is 5.67. The summed E-state index contributed by atoms with van der Waals surface area (Å²) >= 11 is 5.87. The third kappa shape index (κ3) is 5.02. The minimum Gasteiger partial charge on any atom is -0.465 e. The van der Waals surface area contributed by atoms with Crippen LogP contribution in [0.1, 0.15) is 30.6 Å². The number of esters is 1. The summed E-state index contributed by atoms with van der Waals surface area (Å²) in [6.07, 6.45) is 0.684. The number of nitrogens with two attached hydrogens (primary N) is 1. The SMILES string of the molecule is COC(=O)c1cc(Cl)ccc1NC(=O)C(CN)CC(C)C. The number of carbonyl (C=O) groups is 2. The molecule has 0 fully saturated rings. The molecule has 0 bridgehead atoms. The molecule has 0 saturated heterocycles. The molecule has 0 aromatic heterocycles. The summed E-state index contributed by atoms with van der Waals surface area (Å²) in [4.78, 5) is 24.0. The Morgan fingerprint density at radius 2 is 2.05 bits per heavy atom. The highest BCUT2D eigenvalue weighted by atomic mass is 35.5. The molecule has 21 heavy (non-hydrogen) atoms. The summed E-state index contributed by atoms with van der Waals surface area (Å²) in [5.74, 6) is -0.708. The zero-order valence-corrected chi connectivity index (χ0v) is 13.2. The molecule has 6 heteroatoms. The molecule has 1 unspecified atom stereocenters. The van der Waals surface area contributed by atoms with Crippen LogP contribution in [0.3, 0.4) is 0 Å². The first-order chi connectivity index (χ1) is 9.88. The van der Waals surface area contributed by atoms with Crippen molar-refractivity contribution in [3.8, 4) is 0 Å². The van der Waals surface area contributed by atoms with E-state index in [1.165, 1.54) is 13.2 Å². The van der Waals surface area contributed by atoms with E-state index in [0.717, 1.165) is 0 Å². The highest BCUT2D eigenvalue weighted by Crippen LogP contribution is 2.23. The van der Waals surface area contributed by atoms with E-state index in [-0.39, 0.29) is 23.9 Å². The Morgan fingerprint density at radius 1 is 1.38 bits per heavy atom. The van der Waals surface area contributed by atoms with Gasteiger partial charge in [0.25, 0.3) is 0 Å². The molecule has 5 nitrogen and oxygen atoms in total. The van der Waals surface area contributed by atoms with Crippen LogP contribution in [-0.2, 0) is 9.53 Å². The summed E-state index contributed by atoms with van der Waals surface area (Å²) < 4.78 is 4.69. The molecular formula is C15H21ClN2O3. The molecule has 0 aliphatic carbocycles. The van der Waals surface area contributed by atoms with Crippen molar-refractivity contribution in [2.45, 2.75) is 20.3 Å². The lowest BCUT2D eigenvalue weighted by Gasteiger charge is -2.18. The number of rotatable bonds is 6. The van der Waals surface area contributed by atoms with Crippen LogP contribution >= 0.6 is 11.6 Å². The maximum Gasteiger partial charge on any atom is 0.340 e. The molecule has 0 aliphatic heterocycles. The van der Waals surface area contributed by atoms with Crippen molar-refractivity contribution >= 4 is 29.2 Å². The quantitative estimate of drug-likeness (QED) is 0.791. The number of carbonyl (C=O) groups excluding carboxylic acids is 2. The van der Waals surface area contributed by atoms with E-state index in [1.54, 1.807) is 12.1 Å². The maximum absolute atomic E-state index is 12.3. The Hall–Kier alpha value is -1.59. The second-order valence-electron chi connectivity index (χ2n) is 5.23. The van der Waals surface area contributed by atoms with Gasteiger partial charge in [0, 0.05) is 11.6 Å². The molecule has 1 atom stereocenters. The first-order valence-corrected chi connectivity index (χ1v) is 7.15. The van der Waals surface area contributed by atoms with E-state index in [2.05, 4.69) is 5.32 Å². The van der Waals surface area contributed by atoms with Gasteiger partial charge in [-0.15, -0.1) is 0 Å². The number of amides is 1. The molecule has 0 radical (unpaired) electrons. The highest BCUT2D eigenvalue weighted by molar-refractivity contribution is 6.31. The van der Waals surface area contributed by atoms with Crippen molar-refractivity contribution in [1.29, 1.82) is 0 Å². The van der Waals surface area contributed by atoms with Gasteiger partial charge in [-0.1, -0.05) is 25.4 Å². The maximum atomic E-state index is 12.3. The molecule has 1 aromatic carbocycles. The average molecular weight is 313 g/mol. The summed E-state index contributed by atoms with van der Waals surface area (Å²) in [5.41, 5.74) is 6.24. The first-order valence-electron chi connectivity index (χ1n) is 6.77. The summed E-state index contributed by atoms with van der Waals surface area (Å²) in [7, 11) is 1.27. The normalized spacial score (nSPS) is 12.1. The van der Waals surface area contributed by atoms with E-state index < -0.39 is 5.97 Å². The number of nitrogens with one attached hydrogen (secondary N) is 1. The van der Waals surface area contributed by atoms with Crippen LogP contribution in [0.5, 0.6) is 0 Å². The number of benzene rings is 1. The van der Waals surface area contributed by atoms with Crippen LogP contribution in [0.4, 0.5) is 5.69 Å². The van der Waals surface area contributed by atoms with E-state index >= 15 is 0 Å². The number of hydrogen-bond acceptors (Lipinski definition) is 4. The fourth-order valence-electron chi connectivity index (χ4n) is 2.02. The fraction of sp³-hybridized carbons (Fsp3) is 0.467. The van der Waals surface area contributed by atoms with Crippen molar-refractivity contribution in [2.75, 3.05) is 19.0 Å². The van der Waals surface area contributed by atoms with E-state index in [9.17, 15) is 9.59 Å². The molecular weight excluding hydrogens is 292 g/mol. The van der Waals surface area contributed by atoms with Gasteiger partial charge in [0.1, 0.15) is 0 Å². The van der Waals surface area contributed by atoms with Crippen molar-refractivity contribution in [3.05, 3.63) is 28.8 Å². The van der Waals surface area contributed by atoms with Crippen molar-refractivity contribution < 1.29 is 14.3 Å². The average Bonchev–Trinajstić information content (AvgIpc) is 2.45. The number of methoxy groups -OCH3 is 1. The summed E-state index contributed by atoms with van der Waals surface area (Å²) in [5, 5.41) is 3.13. The van der Waals surface area contributed by atoms with Crippen LogP contribution in [0.25, 0.3) is 0 Å². The highest BCUT2D eigenvalue weighted by Gasteiger charge is 2.21. The molecule has 116 valence electrons. The number of hydrogen-bond donors (Lipinski definition) is 2. The van der Waals surface area contributed by atoms with Gasteiger partial charge in [-0.3, -0.25) is 4.79 Å². The minimum atomic E-state index is -0.555. The van der Waals surface area contributed by atoms with Crippen LogP contribution in [0, 0.1) is 11.8 Å². The van der Waals surface area contributed by atoms with Gasteiger partial charge in [0.05, 0.1) is 24.3 Å². The van der Waals surface area contributed by atoms with E-state index in [0.29, 0.717) is 23.0 Å². The largest absolute Gasteiger partial charge is 0.465 e. The Kier molecular flexibility index (Phi) is 6.65. The van der Waals surface area contributed by atoms with Crippen molar-refractivity contribution in [1.82, 2.24) is 0 Å². The van der Waals surface area contributed by atoms with Crippen LogP contribution < -0.4 is 11.1 Å². The van der Waals surface area contributed by atoms with E-state index in [4.69, 9.17) is 22.1 Å². The molecule has 0 aliphatic rings. The van der Waals surface area contributed by atoms with E-state index in [1.807, 2.05) is 13.8 Å². The predicted molar refractivity (Wildman–Crippen MR) is 83.4 cm³/mol. The number of ether oxygens (including phenoxy) is 1. The van der Waals surface area contributed by atoms with Crippen LogP contribution in [-0.4, -0.2) is 25.5 Å². The minimum absolute atomic E-state index is 0.210. The molecule has 0 saturated carbocycles. The standard InChI is InChI=1S/C15H21ClN2O3/c1-9(2)6-10(8-17)14(19)18-13-5-4-11(16)7-12(13)15(20)21-3/h4-5,7,9-10H,6,8,17H2,1-3H3,(H,18,19). The molecule has 1 amide bonds. The summed E-state index contributed by atoms with van der Waals surface area (Å²) in [6, 6.07) is 4.64. The third-order valence-electron chi connectivity index (χ3n) is 3.06. The Bertz CT molecular complexity index is 518. The van der Waals surface area contributed by atoms with Crippen molar-refractivity contribution in [3.63, 3.8) is 0 Å². The molecule has 3 N–H and O–H groups in total. The monoisotopic (exact) mass is 312 g/mol. The third-order valence-corrected chi connectivity index (χ3v) is 3.29. The Balaban J connectivity index is 2.96. The lowest BCUT2D eigenvalue weighted by atomic mass is 9.96. The zero-order chi connectivity index (χ0) is 16.0. The number of anilines is 1. The van der Waals surface area contributed by atoms with Gasteiger partial charge in [0.2, 0.25) is 5.91 Å². The molecule has 0 heterocycles. The number of halogens is 1. The first kappa shape index (κ1) is 17.5. The predicted octanol–water partition coefficient (Wildman–Crippen LogP) is 2.69. The lowest BCUT2D eigenvalue weighted by molar-refractivity contribution is -0.120. The fourth-order valence-corrected chi connectivity index (χ4v) is 2.19. The van der Waals surface area contributed by atoms with Gasteiger partial charge in [0.15, 0.2) is 0 Å². The molecule has 1 rings (SSSR count). The van der Waals surface area contributed by atoms with Crippen molar-refractivity contribution in [2.24, 2.45) is 17.6 Å². The van der Waals surface area contributed by atoms with Gasteiger partial charge in [-0.2, -0.15) is 0 Å². The zero-order valence-electron chi connectivity index (χ0n) is 12.5.